The molecule has 4 saturated carbocycles. The first-order valence-corrected chi connectivity index (χ1v) is 13.8. The smallest absolute Gasteiger partial charge is 0.0433 e. The Kier molecular flexibility index (Phi) is 10.5. The van der Waals surface area contributed by atoms with E-state index in [9.17, 15) is 5.11 Å². The Morgan fingerprint density at radius 1 is 0.793 bits per heavy atom. The normalized spacial score (nSPS) is 43.3. The second-order valence-electron chi connectivity index (χ2n) is 10.6. The van der Waals surface area contributed by atoms with E-state index in [0.29, 0.717) is 12.0 Å². The maximum Gasteiger partial charge on any atom is 0.0433 e. The number of aliphatic hydroxyl groups excluding tert-OH is 1. The lowest BCUT2D eigenvalue weighted by molar-refractivity contribution is -0.113. The maximum absolute atomic E-state index is 9.58. The van der Waals surface area contributed by atoms with Crippen molar-refractivity contribution in [2.75, 3.05) is 6.61 Å². The third-order valence-corrected chi connectivity index (χ3v) is 9.68. The molecule has 0 aromatic carbocycles. The lowest BCUT2D eigenvalue weighted by Crippen LogP contribution is -2.52. The minimum Gasteiger partial charge on any atom is -0.396 e. The zero-order valence-corrected chi connectivity index (χ0v) is 20.9. The van der Waals surface area contributed by atoms with E-state index < -0.39 is 0 Å². The molecule has 0 aromatic heterocycles. The lowest BCUT2D eigenvalue weighted by Gasteiger charge is -2.60. The van der Waals surface area contributed by atoms with Crippen molar-refractivity contribution in [3.63, 3.8) is 0 Å². The molecule has 0 heterocycles. The van der Waals surface area contributed by atoms with E-state index in [2.05, 4.69) is 13.8 Å². The molecule has 0 saturated heterocycles. The van der Waals surface area contributed by atoms with Gasteiger partial charge in [0, 0.05) is 6.61 Å². The Labute approximate surface area is 183 Å². The van der Waals surface area contributed by atoms with Crippen molar-refractivity contribution < 1.29 is 5.11 Å². The van der Waals surface area contributed by atoms with Gasteiger partial charge in [-0.25, -0.2) is 0 Å². The quantitative estimate of drug-likeness (QED) is 0.496. The Morgan fingerprint density at radius 2 is 1.52 bits per heavy atom. The minimum absolute atomic E-state index is 0.407. The van der Waals surface area contributed by atoms with Crippen molar-refractivity contribution in [1.29, 1.82) is 0 Å². The Morgan fingerprint density at radius 3 is 2.21 bits per heavy atom. The van der Waals surface area contributed by atoms with Gasteiger partial charge in [0.1, 0.15) is 0 Å². The van der Waals surface area contributed by atoms with Crippen LogP contribution in [0.25, 0.3) is 0 Å². The van der Waals surface area contributed by atoms with Crippen molar-refractivity contribution in [3.8, 4) is 0 Å². The van der Waals surface area contributed by atoms with Gasteiger partial charge in [0.05, 0.1) is 0 Å². The predicted molar refractivity (Wildman–Crippen MR) is 128 cm³/mol. The summed E-state index contributed by atoms with van der Waals surface area (Å²) in [6.45, 7) is 13.4. The summed E-state index contributed by atoms with van der Waals surface area (Å²) in [7, 11) is 0. The van der Waals surface area contributed by atoms with Gasteiger partial charge in [0.15, 0.2) is 0 Å². The van der Waals surface area contributed by atoms with Crippen LogP contribution >= 0.6 is 0 Å². The molecule has 0 radical (unpaired) electrons. The van der Waals surface area contributed by atoms with E-state index in [0.717, 1.165) is 47.8 Å². The highest BCUT2D eigenvalue weighted by atomic mass is 16.3. The molecule has 0 bridgehead atoms. The van der Waals surface area contributed by atoms with E-state index in [1.807, 2.05) is 27.7 Å². The summed E-state index contributed by atoms with van der Waals surface area (Å²) < 4.78 is 0. The van der Waals surface area contributed by atoms with Gasteiger partial charge >= 0.3 is 0 Å². The van der Waals surface area contributed by atoms with E-state index in [-0.39, 0.29) is 0 Å². The van der Waals surface area contributed by atoms with E-state index in [1.165, 1.54) is 57.8 Å². The summed E-state index contributed by atoms with van der Waals surface area (Å²) in [4.78, 5) is 0. The molecule has 4 rings (SSSR count). The van der Waals surface area contributed by atoms with Gasteiger partial charge in [-0.3, -0.25) is 0 Å². The molecule has 172 valence electrons. The highest BCUT2D eigenvalue weighted by Gasteiger charge is 2.55. The molecule has 4 aliphatic rings. The molecule has 0 aromatic rings. The SMILES string of the molecule is CC.CC.CCCC1CCC2C(CCC3C2CCC2(C)C(CCO)CCCC32)C1. The molecular formula is C28H54O. The highest BCUT2D eigenvalue weighted by Crippen LogP contribution is 2.63. The number of hydrogen-bond acceptors (Lipinski definition) is 1. The molecule has 0 aliphatic heterocycles. The summed E-state index contributed by atoms with van der Waals surface area (Å²) in [5.41, 5.74) is 0.550. The maximum atomic E-state index is 9.58. The average molecular weight is 407 g/mol. The zero-order chi connectivity index (χ0) is 21.4. The fourth-order valence-electron chi connectivity index (χ4n) is 8.56. The molecule has 1 nitrogen and oxygen atoms in total. The van der Waals surface area contributed by atoms with Gasteiger partial charge in [-0.2, -0.15) is 0 Å². The first-order chi connectivity index (χ1) is 14.2. The van der Waals surface area contributed by atoms with Gasteiger partial charge in [0.2, 0.25) is 0 Å². The van der Waals surface area contributed by atoms with Crippen LogP contribution in [0.15, 0.2) is 0 Å². The first kappa shape index (κ1) is 25.2. The number of rotatable bonds is 4. The van der Waals surface area contributed by atoms with Gasteiger partial charge in [0.25, 0.3) is 0 Å². The minimum atomic E-state index is 0.407. The van der Waals surface area contributed by atoms with Crippen molar-refractivity contribution in [1.82, 2.24) is 0 Å². The largest absolute Gasteiger partial charge is 0.396 e. The monoisotopic (exact) mass is 406 g/mol. The van der Waals surface area contributed by atoms with Crippen LogP contribution in [0, 0.1) is 46.8 Å². The Balaban J connectivity index is 0.000000707. The second kappa shape index (κ2) is 12.1. The summed E-state index contributed by atoms with van der Waals surface area (Å²) in [5, 5.41) is 9.58. The topological polar surface area (TPSA) is 20.2 Å². The molecule has 1 N–H and O–H groups in total. The van der Waals surface area contributed by atoms with Crippen molar-refractivity contribution >= 4 is 0 Å². The molecule has 29 heavy (non-hydrogen) atoms. The molecular weight excluding hydrogens is 352 g/mol. The van der Waals surface area contributed by atoms with E-state index in [1.54, 1.807) is 19.3 Å². The molecule has 1 heteroatoms. The van der Waals surface area contributed by atoms with Crippen LogP contribution < -0.4 is 0 Å². The fourth-order valence-corrected chi connectivity index (χ4v) is 8.56. The summed E-state index contributed by atoms with van der Waals surface area (Å²) in [6.07, 6.45) is 19.0. The third kappa shape index (κ3) is 5.24. The molecule has 4 fully saturated rings. The van der Waals surface area contributed by atoms with Gasteiger partial charge in [-0.1, -0.05) is 67.2 Å². The van der Waals surface area contributed by atoms with E-state index >= 15 is 0 Å². The molecule has 8 atom stereocenters. The highest BCUT2D eigenvalue weighted by molar-refractivity contribution is 5.04. The van der Waals surface area contributed by atoms with Gasteiger partial charge in [-0.05, 0) is 105 Å². The number of hydrogen-bond donors (Lipinski definition) is 1. The summed E-state index contributed by atoms with van der Waals surface area (Å²) in [5.74, 6) is 7.08. The molecule has 4 aliphatic carbocycles. The zero-order valence-electron chi connectivity index (χ0n) is 20.9. The lowest BCUT2D eigenvalue weighted by atomic mass is 9.44. The van der Waals surface area contributed by atoms with Crippen LogP contribution in [0.4, 0.5) is 0 Å². The fraction of sp³-hybridized carbons (Fsp3) is 1.00. The average Bonchev–Trinajstić information content (AvgIpc) is 2.77. The summed E-state index contributed by atoms with van der Waals surface area (Å²) >= 11 is 0. The Bertz CT molecular complexity index is 444. The first-order valence-electron chi connectivity index (χ1n) is 13.8. The Hall–Kier alpha value is -0.0400. The van der Waals surface area contributed by atoms with Gasteiger partial charge < -0.3 is 5.11 Å². The predicted octanol–water partition coefficient (Wildman–Crippen LogP) is 8.50. The molecule has 0 amide bonds. The van der Waals surface area contributed by atoms with Gasteiger partial charge in [-0.15, -0.1) is 0 Å². The van der Waals surface area contributed by atoms with Crippen molar-refractivity contribution in [3.05, 3.63) is 0 Å². The third-order valence-electron chi connectivity index (χ3n) is 9.68. The standard InChI is InChI=1S/C24H42O.2C2H6/c1-3-5-17-8-10-20-18(16-17)9-11-22-21(20)12-14-24(2)19(13-15-25)6-4-7-23(22)24;2*1-2/h17-23,25H,3-16H2,1-2H3;2*1-2H3. The number of aliphatic hydroxyl groups is 1. The number of fused-ring (bicyclic) bond motifs is 5. The van der Waals surface area contributed by atoms with Crippen molar-refractivity contribution in [2.24, 2.45) is 46.8 Å². The molecule has 8 unspecified atom stereocenters. The van der Waals surface area contributed by atoms with Crippen LogP contribution in [0.3, 0.4) is 0 Å². The van der Waals surface area contributed by atoms with Crippen LogP contribution in [-0.4, -0.2) is 11.7 Å². The van der Waals surface area contributed by atoms with Crippen LogP contribution in [0.1, 0.15) is 125 Å². The van der Waals surface area contributed by atoms with E-state index in [4.69, 9.17) is 0 Å². The molecule has 0 spiro atoms. The second-order valence-corrected chi connectivity index (χ2v) is 10.6. The van der Waals surface area contributed by atoms with Crippen LogP contribution in [0.2, 0.25) is 0 Å². The van der Waals surface area contributed by atoms with Crippen LogP contribution in [-0.2, 0) is 0 Å². The summed E-state index contributed by atoms with van der Waals surface area (Å²) in [6, 6.07) is 0. The van der Waals surface area contributed by atoms with Crippen LogP contribution in [0.5, 0.6) is 0 Å². The van der Waals surface area contributed by atoms with Crippen molar-refractivity contribution in [2.45, 2.75) is 125 Å².